The minimum Gasteiger partial charge on any atom is -0.444 e. The second-order valence-corrected chi connectivity index (χ2v) is 9.82. The molecule has 29 heavy (non-hydrogen) atoms. The van der Waals surface area contributed by atoms with Crippen molar-refractivity contribution in [1.82, 2.24) is 10.2 Å². The summed E-state index contributed by atoms with van der Waals surface area (Å²) in [5, 5.41) is 3.65. The first kappa shape index (κ1) is 21.8. The van der Waals surface area contributed by atoms with Gasteiger partial charge in [-0.25, -0.2) is 4.79 Å². The lowest BCUT2D eigenvalue weighted by atomic mass is 10.0. The van der Waals surface area contributed by atoms with Gasteiger partial charge in [-0.3, -0.25) is 4.90 Å². The molecule has 0 radical (unpaired) electrons. The number of rotatable bonds is 4. The molecule has 1 fully saturated rings. The highest BCUT2D eigenvalue weighted by atomic mass is 79.9. The molecule has 0 saturated carbocycles. The first-order valence-corrected chi connectivity index (χ1v) is 11.2. The molecule has 1 saturated heterocycles. The molecular formula is C24H31BrN2O2. The number of benzene rings is 2. The summed E-state index contributed by atoms with van der Waals surface area (Å²) in [6.07, 6.45) is 1.71. The van der Waals surface area contributed by atoms with Crippen LogP contribution in [0.2, 0.25) is 0 Å². The molecule has 1 heterocycles. The number of nitrogens with one attached hydrogen (secondary N) is 1. The second kappa shape index (κ2) is 9.77. The third-order valence-electron chi connectivity index (χ3n) is 5.09. The van der Waals surface area contributed by atoms with Gasteiger partial charge in [-0.15, -0.1) is 0 Å². The molecule has 0 unspecified atom stereocenters. The zero-order valence-electron chi connectivity index (χ0n) is 17.5. The third kappa shape index (κ3) is 6.31. The van der Waals surface area contributed by atoms with Crippen molar-refractivity contribution < 1.29 is 9.53 Å². The molecule has 2 aromatic rings. The standard InChI is InChI=1S/C24H31BrN2O2/c1-24(2,3)29-23(28)27-17-20(26-16-18-10-6-4-7-11-18)14-15-21(25)22(27)19-12-8-5-9-13-19/h4-13,20-22,26H,14-17H2,1-3H3/t20-,21+,22-/m1/s1. The Morgan fingerprint density at radius 1 is 1.07 bits per heavy atom. The Morgan fingerprint density at radius 3 is 2.31 bits per heavy atom. The van der Waals surface area contributed by atoms with Crippen molar-refractivity contribution in [2.24, 2.45) is 0 Å². The Morgan fingerprint density at radius 2 is 1.69 bits per heavy atom. The average Bonchev–Trinajstić information content (AvgIpc) is 2.85. The van der Waals surface area contributed by atoms with E-state index in [1.807, 2.05) is 49.9 Å². The van der Waals surface area contributed by atoms with Crippen molar-refractivity contribution >= 4 is 22.0 Å². The van der Waals surface area contributed by atoms with Crippen LogP contribution in [-0.2, 0) is 11.3 Å². The largest absolute Gasteiger partial charge is 0.444 e. The van der Waals surface area contributed by atoms with E-state index in [4.69, 9.17) is 4.74 Å². The SMILES string of the molecule is CC(C)(C)OC(=O)N1C[C@H](NCc2ccccc2)CC[C@H](Br)[C@H]1c1ccccc1. The highest BCUT2D eigenvalue weighted by molar-refractivity contribution is 9.09. The molecule has 156 valence electrons. The molecule has 0 spiro atoms. The van der Waals surface area contributed by atoms with Crippen molar-refractivity contribution in [3.8, 4) is 0 Å². The van der Waals surface area contributed by atoms with Crippen molar-refractivity contribution in [2.75, 3.05) is 6.54 Å². The number of carbonyl (C=O) groups excluding carboxylic acids is 1. The highest BCUT2D eigenvalue weighted by Gasteiger charge is 2.37. The minimum absolute atomic E-state index is 0.0606. The maximum Gasteiger partial charge on any atom is 0.410 e. The normalized spacial score (nSPS) is 22.8. The van der Waals surface area contributed by atoms with E-state index in [0.717, 1.165) is 24.9 Å². The van der Waals surface area contributed by atoms with Gasteiger partial charge in [0.15, 0.2) is 0 Å². The Hall–Kier alpha value is -1.85. The van der Waals surface area contributed by atoms with Gasteiger partial charge >= 0.3 is 6.09 Å². The molecule has 3 rings (SSSR count). The second-order valence-electron chi connectivity index (χ2n) is 8.64. The quantitative estimate of drug-likeness (QED) is 0.598. The maximum atomic E-state index is 13.2. The van der Waals surface area contributed by atoms with E-state index in [1.54, 1.807) is 0 Å². The molecule has 1 aliphatic heterocycles. The van der Waals surface area contributed by atoms with E-state index >= 15 is 0 Å². The lowest BCUT2D eigenvalue weighted by molar-refractivity contribution is 0.0154. The number of carbonyl (C=O) groups is 1. The van der Waals surface area contributed by atoms with Crippen LogP contribution in [0.3, 0.4) is 0 Å². The van der Waals surface area contributed by atoms with Crippen LogP contribution >= 0.6 is 15.9 Å². The predicted molar refractivity (Wildman–Crippen MR) is 121 cm³/mol. The highest BCUT2D eigenvalue weighted by Crippen LogP contribution is 2.36. The number of amides is 1. The van der Waals surface area contributed by atoms with E-state index in [2.05, 4.69) is 57.6 Å². The van der Waals surface area contributed by atoms with Gasteiger partial charge < -0.3 is 10.1 Å². The van der Waals surface area contributed by atoms with Gasteiger partial charge in [0, 0.05) is 24.0 Å². The molecule has 1 N–H and O–H groups in total. The van der Waals surface area contributed by atoms with Crippen LogP contribution in [0.1, 0.15) is 50.8 Å². The summed E-state index contributed by atoms with van der Waals surface area (Å²) >= 11 is 3.88. The molecule has 0 bridgehead atoms. The van der Waals surface area contributed by atoms with E-state index in [1.165, 1.54) is 5.56 Å². The third-order valence-corrected chi connectivity index (χ3v) is 6.05. The fraction of sp³-hybridized carbons (Fsp3) is 0.458. The van der Waals surface area contributed by atoms with Crippen LogP contribution in [0.5, 0.6) is 0 Å². The van der Waals surface area contributed by atoms with Gasteiger partial charge in [-0.05, 0) is 44.7 Å². The van der Waals surface area contributed by atoms with Crippen LogP contribution in [0.15, 0.2) is 60.7 Å². The lowest BCUT2D eigenvalue weighted by Gasteiger charge is -2.35. The molecule has 5 heteroatoms. The summed E-state index contributed by atoms with van der Waals surface area (Å²) in [5.74, 6) is 0. The van der Waals surface area contributed by atoms with E-state index in [9.17, 15) is 4.79 Å². The molecule has 2 aromatic carbocycles. The molecule has 1 amide bonds. The maximum absolute atomic E-state index is 13.2. The van der Waals surface area contributed by atoms with Gasteiger partial charge in [-0.2, -0.15) is 0 Å². The van der Waals surface area contributed by atoms with Crippen LogP contribution in [-0.4, -0.2) is 34.0 Å². The summed E-state index contributed by atoms with van der Waals surface area (Å²) in [6.45, 7) is 7.14. The topological polar surface area (TPSA) is 41.6 Å². The van der Waals surface area contributed by atoms with Crippen LogP contribution in [0.25, 0.3) is 0 Å². The van der Waals surface area contributed by atoms with Crippen LogP contribution in [0, 0.1) is 0 Å². The monoisotopic (exact) mass is 458 g/mol. The molecule has 3 atom stereocenters. The average molecular weight is 459 g/mol. The number of ether oxygens (including phenoxy) is 1. The van der Waals surface area contributed by atoms with Gasteiger partial charge in [0.05, 0.1) is 6.04 Å². The number of likely N-dealkylation sites (tertiary alicyclic amines) is 1. The van der Waals surface area contributed by atoms with Crippen LogP contribution in [0.4, 0.5) is 4.79 Å². The van der Waals surface area contributed by atoms with Crippen LogP contribution < -0.4 is 5.32 Å². The Balaban J connectivity index is 1.81. The van der Waals surface area contributed by atoms with Crippen molar-refractivity contribution in [1.29, 1.82) is 0 Å². The number of alkyl halides is 1. The Labute approximate surface area is 182 Å². The Kier molecular flexibility index (Phi) is 7.36. The fourth-order valence-corrected chi connectivity index (χ4v) is 4.58. The zero-order valence-corrected chi connectivity index (χ0v) is 19.1. The van der Waals surface area contributed by atoms with Crippen molar-refractivity contribution in [3.05, 3.63) is 71.8 Å². The molecule has 0 aliphatic carbocycles. The van der Waals surface area contributed by atoms with Crippen molar-refractivity contribution in [2.45, 2.75) is 62.7 Å². The first-order valence-electron chi connectivity index (χ1n) is 10.3. The first-order chi connectivity index (χ1) is 13.8. The molecule has 1 aliphatic rings. The summed E-state index contributed by atoms with van der Waals surface area (Å²) in [5.41, 5.74) is 1.85. The fourth-order valence-electron chi connectivity index (χ4n) is 3.73. The van der Waals surface area contributed by atoms with Gasteiger partial charge in [0.25, 0.3) is 0 Å². The molecular weight excluding hydrogens is 428 g/mol. The van der Waals surface area contributed by atoms with E-state index in [0.29, 0.717) is 6.54 Å². The number of hydrogen-bond donors (Lipinski definition) is 1. The zero-order chi connectivity index (χ0) is 20.9. The molecule has 0 aromatic heterocycles. The number of halogens is 1. The summed E-state index contributed by atoms with van der Waals surface area (Å²) in [6, 6.07) is 20.8. The molecule has 4 nitrogen and oxygen atoms in total. The lowest BCUT2D eigenvalue weighted by Crippen LogP contribution is -2.46. The predicted octanol–water partition coefficient (Wildman–Crippen LogP) is 5.68. The van der Waals surface area contributed by atoms with E-state index in [-0.39, 0.29) is 23.0 Å². The van der Waals surface area contributed by atoms with Gasteiger partial charge in [0.2, 0.25) is 0 Å². The summed E-state index contributed by atoms with van der Waals surface area (Å²) in [4.78, 5) is 15.2. The number of hydrogen-bond acceptors (Lipinski definition) is 3. The van der Waals surface area contributed by atoms with Gasteiger partial charge in [0.1, 0.15) is 5.60 Å². The smallest absolute Gasteiger partial charge is 0.410 e. The summed E-state index contributed by atoms with van der Waals surface area (Å²) in [7, 11) is 0. The number of nitrogens with zero attached hydrogens (tertiary/aromatic N) is 1. The minimum atomic E-state index is -0.528. The van der Waals surface area contributed by atoms with Crippen molar-refractivity contribution in [3.63, 3.8) is 0 Å². The Bertz CT molecular complexity index is 776. The van der Waals surface area contributed by atoms with E-state index < -0.39 is 5.60 Å². The summed E-state index contributed by atoms with van der Waals surface area (Å²) < 4.78 is 5.78. The van der Waals surface area contributed by atoms with Gasteiger partial charge in [-0.1, -0.05) is 76.6 Å².